The van der Waals surface area contributed by atoms with Gasteiger partial charge in [-0.25, -0.2) is 9.97 Å². The van der Waals surface area contributed by atoms with Crippen LogP contribution in [-0.4, -0.2) is 21.4 Å². The van der Waals surface area contributed by atoms with E-state index in [1.54, 1.807) is 13.0 Å². The first-order valence-corrected chi connectivity index (χ1v) is 8.15. The van der Waals surface area contributed by atoms with Crippen molar-refractivity contribution in [1.82, 2.24) is 9.97 Å². The lowest BCUT2D eigenvalue weighted by molar-refractivity contribution is 0.102. The molecule has 0 aliphatic carbocycles. The maximum absolute atomic E-state index is 12.4. The summed E-state index contributed by atoms with van der Waals surface area (Å²) in [6.07, 6.45) is 0. The van der Waals surface area contributed by atoms with Crippen molar-refractivity contribution in [3.05, 3.63) is 45.8 Å². The highest BCUT2D eigenvalue weighted by atomic mass is 79.9. The van der Waals surface area contributed by atoms with Crippen LogP contribution in [0.25, 0.3) is 0 Å². The lowest BCUT2D eigenvalue weighted by Crippen LogP contribution is -2.27. The van der Waals surface area contributed by atoms with Gasteiger partial charge in [-0.2, -0.15) is 0 Å². The Balaban J connectivity index is 2.23. The van der Waals surface area contributed by atoms with E-state index in [0.717, 1.165) is 15.7 Å². The van der Waals surface area contributed by atoms with E-state index in [-0.39, 0.29) is 11.4 Å². The van der Waals surface area contributed by atoms with Gasteiger partial charge in [0, 0.05) is 21.8 Å². The van der Waals surface area contributed by atoms with Crippen LogP contribution in [0.2, 0.25) is 0 Å². The van der Waals surface area contributed by atoms with Crippen LogP contribution in [0.4, 0.5) is 11.5 Å². The van der Waals surface area contributed by atoms with Gasteiger partial charge in [-0.15, -0.1) is 0 Å². The number of aryl methyl sites for hydroxylation is 2. The molecule has 2 aromatic rings. The molecule has 0 fully saturated rings. The van der Waals surface area contributed by atoms with Crippen molar-refractivity contribution in [2.24, 2.45) is 0 Å². The van der Waals surface area contributed by atoms with Crippen LogP contribution in [0.1, 0.15) is 42.6 Å². The molecular formula is C17H21BrN4O. The fraction of sp³-hybridized carbons (Fsp3) is 0.353. The molecule has 0 saturated carbocycles. The molecule has 0 radical (unpaired) electrons. The first-order valence-electron chi connectivity index (χ1n) is 7.35. The molecule has 2 N–H and O–H groups in total. The van der Waals surface area contributed by atoms with E-state index in [0.29, 0.717) is 17.3 Å². The van der Waals surface area contributed by atoms with E-state index in [9.17, 15) is 4.79 Å². The number of nitrogens with one attached hydrogen (secondary N) is 2. The Morgan fingerprint density at radius 2 is 1.83 bits per heavy atom. The van der Waals surface area contributed by atoms with Gasteiger partial charge in [0.25, 0.3) is 5.91 Å². The monoisotopic (exact) mass is 376 g/mol. The zero-order valence-corrected chi connectivity index (χ0v) is 15.6. The third-order valence-corrected chi connectivity index (χ3v) is 3.88. The largest absolute Gasteiger partial charge is 0.365 e. The van der Waals surface area contributed by atoms with Crippen molar-refractivity contribution in [3.63, 3.8) is 0 Å². The van der Waals surface area contributed by atoms with Crippen molar-refractivity contribution in [2.45, 2.75) is 40.2 Å². The quantitative estimate of drug-likeness (QED) is 0.836. The maximum Gasteiger partial charge on any atom is 0.274 e. The molecule has 0 unspecified atom stereocenters. The summed E-state index contributed by atoms with van der Waals surface area (Å²) in [5.41, 5.74) is 1.98. The Bertz CT molecular complexity index is 738. The van der Waals surface area contributed by atoms with Crippen molar-refractivity contribution in [3.8, 4) is 0 Å². The molecule has 1 aromatic carbocycles. The first-order chi connectivity index (χ1) is 10.6. The van der Waals surface area contributed by atoms with Crippen LogP contribution in [0, 0.1) is 13.8 Å². The van der Waals surface area contributed by atoms with Gasteiger partial charge < -0.3 is 10.6 Å². The Hall–Kier alpha value is -1.95. The third kappa shape index (κ3) is 5.03. The zero-order valence-electron chi connectivity index (χ0n) is 14.0. The Morgan fingerprint density at radius 1 is 1.13 bits per heavy atom. The summed E-state index contributed by atoms with van der Waals surface area (Å²) in [6, 6.07) is 7.32. The smallest absolute Gasteiger partial charge is 0.274 e. The highest BCUT2D eigenvalue weighted by Crippen LogP contribution is 2.21. The molecule has 6 heteroatoms. The first kappa shape index (κ1) is 17.4. The molecule has 1 heterocycles. The van der Waals surface area contributed by atoms with Crippen LogP contribution in [0.5, 0.6) is 0 Å². The fourth-order valence-electron chi connectivity index (χ4n) is 2.05. The van der Waals surface area contributed by atoms with Gasteiger partial charge in [0.2, 0.25) is 0 Å². The molecule has 0 saturated heterocycles. The lowest BCUT2D eigenvalue weighted by atomic mass is 10.1. The third-order valence-electron chi connectivity index (χ3n) is 2.99. The van der Waals surface area contributed by atoms with Gasteiger partial charge in [0.05, 0.1) is 0 Å². The van der Waals surface area contributed by atoms with E-state index in [4.69, 9.17) is 0 Å². The molecular weight excluding hydrogens is 356 g/mol. The Labute approximate surface area is 145 Å². The Kier molecular flexibility index (Phi) is 5.04. The number of amides is 1. The second-order valence-electron chi connectivity index (χ2n) is 6.48. The predicted octanol–water partition coefficient (Wildman–Crippen LogP) is 4.32. The average Bonchev–Trinajstić information content (AvgIpc) is 2.40. The number of hydrogen-bond donors (Lipinski definition) is 2. The van der Waals surface area contributed by atoms with Gasteiger partial charge in [-0.05, 0) is 58.4 Å². The SMILES string of the molecule is Cc1nc(NC(C)(C)C)cc(C(=O)Nc2ccc(Br)c(C)c2)n1. The number of hydrogen-bond acceptors (Lipinski definition) is 4. The second kappa shape index (κ2) is 6.66. The number of anilines is 2. The topological polar surface area (TPSA) is 66.9 Å². The molecule has 0 aliphatic heterocycles. The van der Waals surface area contributed by atoms with Gasteiger partial charge in [0.15, 0.2) is 0 Å². The van der Waals surface area contributed by atoms with Gasteiger partial charge >= 0.3 is 0 Å². The maximum atomic E-state index is 12.4. The highest BCUT2D eigenvalue weighted by Gasteiger charge is 2.15. The number of halogens is 1. The standard InChI is InChI=1S/C17H21BrN4O/c1-10-8-12(6-7-13(10)18)21-16(23)14-9-15(20-11(2)19-14)22-17(3,4)5/h6-9H,1-5H3,(H,21,23)(H,19,20,22). The fourth-order valence-corrected chi connectivity index (χ4v) is 2.30. The summed E-state index contributed by atoms with van der Waals surface area (Å²) < 4.78 is 1.00. The van der Waals surface area contributed by atoms with E-state index < -0.39 is 0 Å². The number of aromatic nitrogens is 2. The van der Waals surface area contributed by atoms with Crippen molar-refractivity contribution >= 4 is 33.3 Å². The summed E-state index contributed by atoms with van der Waals surface area (Å²) in [5, 5.41) is 6.13. The molecule has 1 aromatic heterocycles. The minimum Gasteiger partial charge on any atom is -0.365 e. The van der Waals surface area contributed by atoms with Crippen molar-refractivity contribution in [1.29, 1.82) is 0 Å². The number of rotatable bonds is 3. The van der Waals surface area contributed by atoms with Gasteiger partial charge in [-0.1, -0.05) is 15.9 Å². The lowest BCUT2D eigenvalue weighted by Gasteiger charge is -2.21. The van der Waals surface area contributed by atoms with Gasteiger partial charge in [0.1, 0.15) is 17.3 Å². The van der Waals surface area contributed by atoms with Crippen molar-refractivity contribution < 1.29 is 4.79 Å². The van der Waals surface area contributed by atoms with E-state index in [1.165, 1.54) is 0 Å². The Morgan fingerprint density at radius 3 is 2.43 bits per heavy atom. The molecule has 0 bridgehead atoms. The van der Waals surface area contributed by atoms with Crippen molar-refractivity contribution in [2.75, 3.05) is 10.6 Å². The van der Waals surface area contributed by atoms with Crippen LogP contribution in [-0.2, 0) is 0 Å². The second-order valence-corrected chi connectivity index (χ2v) is 7.33. The number of carbonyl (C=O) groups is 1. The number of nitrogens with zero attached hydrogens (tertiary/aromatic N) is 2. The van der Waals surface area contributed by atoms with E-state index in [2.05, 4.69) is 36.5 Å². The molecule has 0 aliphatic rings. The molecule has 122 valence electrons. The minimum atomic E-state index is -0.255. The number of carbonyl (C=O) groups excluding carboxylic acids is 1. The summed E-state index contributed by atoms with van der Waals surface area (Å²) in [7, 11) is 0. The molecule has 0 spiro atoms. The van der Waals surface area contributed by atoms with Crippen LogP contribution < -0.4 is 10.6 Å². The molecule has 23 heavy (non-hydrogen) atoms. The molecule has 2 rings (SSSR count). The predicted molar refractivity (Wildman–Crippen MR) is 97.0 cm³/mol. The average molecular weight is 377 g/mol. The summed E-state index contributed by atoms with van der Waals surface area (Å²) in [4.78, 5) is 21.0. The van der Waals surface area contributed by atoms with Crippen LogP contribution in [0.15, 0.2) is 28.7 Å². The molecule has 5 nitrogen and oxygen atoms in total. The minimum absolute atomic E-state index is 0.142. The van der Waals surface area contributed by atoms with Crippen LogP contribution >= 0.6 is 15.9 Å². The zero-order chi connectivity index (χ0) is 17.2. The molecule has 1 amide bonds. The summed E-state index contributed by atoms with van der Waals surface area (Å²) in [6.45, 7) is 9.85. The highest BCUT2D eigenvalue weighted by molar-refractivity contribution is 9.10. The van der Waals surface area contributed by atoms with E-state index in [1.807, 2.05) is 45.9 Å². The molecule has 0 atom stereocenters. The summed E-state index contributed by atoms with van der Waals surface area (Å²) >= 11 is 3.45. The number of benzene rings is 1. The van der Waals surface area contributed by atoms with Gasteiger partial charge in [-0.3, -0.25) is 4.79 Å². The summed E-state index contributed by atoms with van der Waals surface area (Å²) in [5.74, 6) is 0.938. The van der Waals surface area contributed by atoms with Crippen LogP contribution in [0.3, 0.4) is 0 Å². The van der Waals surface area contributed by atoms with E-state index >= 15 is 0 Å². The normalized spacial score (nSPS) is 11.2.